The molecule has 0 aliphatic heterocycles. The number of hydrogen-bond donors (Lipinski definition) is 3. The van der Waals surface area contributed by atoms with Gasteiger partial charge in [0.25, 0.3) is 5.91 Å². The number of hydrogen-bond acceptors (Lipinski definition) is 5. The van der Waals surface area contributed by atoms with Crippen LogP contribution >= 0.6 is 11.3 Å². The van der Waals surface area contributed by atoms with Gasteiger partial charge in [-0.25, -0.2) is 4.79 Å². The van der Waals surface area contributed by atoms with Crippen molar-refractivity contribution in [3.8, 4) is 0 Å². The highest BCUT2D eigenvalue weighted by Crippen LogP contribution is 2.19. The van der Waals surface area contributed by atoms with Crippen LogP contribution in [0.4, 0.5) is 9.93 Å². The van der Waals surface area contributed by atoms with Crippen molar-refractivity contribution < 1.29 is 9.59 Å². The molecule has 1 aromatic carbocycles. The summed E-state index contributed by atoms with van der Waals surface area (Å²) in [5, 5.41) is 14.7. The Balaban J connectivity index is 1.95. The molecule has 0 saturated heterocycles. The lowest BCUT2D eigenvalue weighted by atomic mass is 10.1. The van der Waals surface area contributed by atoms with Crippen molar-refractivity contribution in [2.75, 3.05) is 5.32 Å². The van der Waals surface area contributed by atoms with Gasteiger partial charge in [-0.2, -0.15) is 0 Å². The molecule has 0 aliphatic carbocycles. The van der Waals surface area contributed by atoms with E-state index in [-0.39, 0.29) is 5.91 Å². The van der Waals surface area contributed by atoms with Gasteiger partial charge in [0.1, 0.15) is 5.01 Å². The van der Waals surface area contributed by atoms with Crippen LogP contribution in [0.15, 0.2) is 24.3 Å². The van der Waals surface area contributed by atoms with Gasteiger partial charge in [0, 0.05) is 18.5 Å². The van der Waals surface area contributed by atoms with E-state index in [4.69, 9.17) is 5.73 Å². The molecule has 122 valence electrons. The number of nitrogens with one attached hydrogen (secondary N) is 2. The fraction of sp³-hybridized carbons (Fsp3) is 0.333. The van der Waals surface area contributed by atoms with Crippen LogP contribution in [-0.4, -0.2) is 22.1 Å². The zero-order valence-electron chi connectivity index (χ0n) is 13.0. The Morgan fingerprint density at radius 3 is 2.52 bits per heavy atom. The van der Waals surface area contributed by atoms with E-state index in [1.807, 2.05) is 0 Å². The zero-order valence-corrected chi connectivity index (χ0v) is 13.8. The predicted octanol–water partition coefficient (Wildman–Crippen LogP) is 2.16. The molecule has 0 spiro atoms. The first-order valence-electron chi connectivity index (χ1n) is 7.20. The summed E-state index contributed by atoms with van der Waals surface area (Å²) in [5.74, 6) is 0.250. The van der Waals surface area contributed by atoms with Gasteiger partial charge in [0.05, 0.1) is 0 Å². The molecule has 0 fully saturated rings. The van der Waals surface area contributed by atoms with Crippen LogP contribution in [0.3, 0.4) is 0 Å². The average molecular weight is 333 g/mol. The summed E-state index contributed by atoms with van der Waals surface area (Å²) >= 11 is 1.38. The van der Waals surface area contributed by atoms with Gasteiger partial charge < -0.3 is 11.1 Å². The molecule has 3 amide bonds. The number of carbonyl (C=O) groups is 2. The number of primary amides is 1. The van der Waals surface area contributed by atoms with Crippen LogP contribution in [-0.2, 0) is 13.0 Å². The van der Waals surface area contributed by atoms with Crippen molar-refractivity contribution in [2.24, 2.45) is 11.7 Å². The molecule has 0 radical (unpaired) electrons. The van der Waals surface area contributed by atoms with E-state index in [9.17, 15) is 9.59 Å². The minimum absolute atomic E-state index is 0.244. The molecule has 0 atom stereocenters. The Morgan fingerprint density at radius 2 is 1.91 bits per heavy atom. The van der Waals surface area contributed by atoms with Gasteiger partial charge in [-0.1, -0.05) is 37.3 Å². The molecule has 0 bridgehead atoms. The summed E-state index contributed by atoms with van der Waals surface area (Å²) < 4.78 is 0. The van der Waals surface area contributed by atoms with Gasteiger partial charge >= 0.3 is 6.03 Å². The van der Waals surface area contributed by atoms with Crippen LogP contribution in [0, 0.1) is 5.92 Å². The maximum absolute atomic E-state index is 12.2. The number of nitrogens with two attached hydrogens (primary N) is 1. The van der Waals surface area contributed by atoms with Crippen molar-refractivity contribution in [3.63, 3.8) is 0 Å². The molecule has 1 heterocycles. The molecular weight excluding hydrogens is 314 g/mol. The van der Waals surface area contributed by atoms with E-state index in [0.29, 0.717) is 23.2 Å². The number of aromatic nitrogens is 2. The van der Waals surface area contributed by atoms with E-state index < -0.39 is 6.03 Å². The number of benzene rings is 1. The highest BCUT2D eigenvalue weighted by molar-refractivity contribution is 7.15. The lowest BCUT2D eigenvalue weighted by molar-refractivity contribution is 0.102. The average Bonchev–Trinajstić information content (AvgIpc) is 2.91. The van der Waals surface area contributed by atoms with Crippen molar-refractivity contribution in [1.29, 1.82) is 0 Å². The highest BCUT2D eigenvalue weighted by Gasteiger charge is 2.11. The fourth-order valence-electron chi connectivity index (χ4n) is 1.87. The Hall–Kier alpha value is -2.48. The molecule has 0 unspecified atom stereocenters. The quantitative estimate of drug-likeness (QED) is 0.752. The Morgan fingerprint density at radius 1 is 1.22 bits per heavy atom. The predicted molar refractivity (Wildman–Crippen MR) is 89.3 cm³/mol. The second-order valence-corrected chi connectivity index (χ2v) is 6.53. The minimum Gasteiger partial charge on any atom is -0.352 e. The third-order valence-corrected chi connectivity index (χ3v) is 3.81. The van der Waals surface area contributed by atoms with E-state index in [0.717, 1.165) is 17.0 Å². The Bertz CT molecular complexity index is 681. The number of rotatable bonds is 6. The summed E-state index contributed by atoms with van der Waals surface area (Å²) in [6.45, 7) is 4.54. The zero-order chi connectivity index (χ0) is 16.8. The molecule has 1 aromatic heterocycles. The maximum Gasteiger partial charge on any atom is 0.312 e. The Labute approximate surface area is 138 Å². The maximum atomic E-state index is 12.2. The SMILES string of the molecule is CC(C)Cc1nnc(NC(=O)c2ccc(CNC(N)=O)cc2)s1. The number of carbonyl (C=O) groups excluding carboxylic acids is 2. The summed E-state index contributed by atoms with van der Waals surface area (Å²) in [5.41, 5.74) is 6.38. The van der Waals surface area contributed by atoms with E-state index >= 15 is 0 Å². The smallest absolute Gasteiger partial charge is 0.312 e. The topological polar surface area (TPSA) is 110 Å². The second kappa shape index (κ2) is 7.68. The molecule has 2 aromatic rings. The number of nitrogens with zero attached hydrogens (tertiary/aromatic N) is 2. The lowest BCUT2D eigenvalue weighted by Crippen LogP contribution is -2.28. The van der Waals surface area contributed by atoms with Crippen LogP contribution < -0.4 is 16.4 Å². The van der Waals surface area contributed by atoms with Crippen molar-refractivity contribution >= 4 is 28.4 Å². The van der Waals surface area contributed by atoms with Crippen molar-refractivity contribution in [1.82, 2.24) is 15.5 Å². The molecule has 0 saturated carbocycles. The monoisotopic (exact) mass is 333 g/mol. The third kappa shape index (κ3) is 5.33. The molecule has 7 nitrogen and oxygen atoms in total. The van der Waals surface area contributed by atoms with Crippen LogP contribution in [0.5, 0.6) is 0 Å². The number of anilines is 1. The lowest BCUT2D eigenvalue weighted by Gasteiger charge is -2.04. The first kappa shape index (κ1) is 16.9. The second-order valence-electron chi connectivity index (χ2n) is 5.47. The molecule has 4 N–H and O–H groups in total. The Kier molecular flexibility index (Phi) is 5.64. The van der Waals surface area contributed by atoms with E-state index in [2.05, 4.69) is 34.7 Å². The molecule has 8 heteroatoms. The first-order chi connectivity index (χ1) is 10.9. The van der Waals surface area contributed by atoms with Crippen molar-refractivity contribution in [2.45, 2.75) is 26.8 Å². The van der Waals surface area contributed by atoms with Gasteiger partial charge in [-0.15, -0.1) is 10.2 Å². The van der Waals surface area contributed by atoms with Crippen LogP contribution in [0.25, 0.3) is 0 Å². The van der Waals surface area contributed by atoms with Crippen LogP contribution in [0.2, 0.25) is 0 Å². The standard InChI is InChI=1S/C15H19N5O2S/c1-9(2)7-12-19-20-15(23-12)18-13(21)11-5-3-10(4-6-11)8-17-14(16)22/h3-6,9H,7-8H2,1-2H3,(H3,16,17,22)(H,18,20,21). The third-order valence-electron chi connectivity index (χ3n) is 2.95. The number of urea groups is 1. The van der Waals surface area contributed by atoms with Gasteiger partial charge in [0.2, 0.25) is 5.13 Å². The summed E-state index contributed by atoms with van der Waals surface area (Å²) in [6.07, 6.45) is 0.842. The van der Waals surface area contributed by atoms with Gasteiger partial charge in [-0.05, 0) is 23.6 Å². The molecule has 2 rings (SSSR count). The molecular formula is C15H19N5O2S. The van der Waals surface area contributed by atoms with E-state index in [1.54, 1.807) is 24.3 Å². The fourth-order valence-corrected chi connectivity index (χ4v) is 2.82. The first-order valence-corrected chi connectivity index (χ1v) is 8.01. The highest BCUT2D eigenvalue weighted by atomic mass is 32.1. The molecule has 0 aliphatic rings. The van der Waals surface area contributed by atoms with Crippen molar-refractivity contribution in [3.05, 3.63) is 40.4 Å². The van der Waals surface area contributed by atoms with Gasteiger partial charge in [0.15, 0.2) is 0 Å². The summed E-state index contributed by atoms with van der Waals surface area (Å²) in [7, 11) is 0. The number of amides is 3. The normalized spacial score (nSPS) is 10.6. The van der Waals surface area contributed by atoms with Gasteiger partial charge in [-0.3, -0.25) is 10.1 Å². The molecule has 23 heavy (non-hydrogen) atoms. The van der Waals surface area contributed by atoms with Crippen LogP contribution in [0.1, 0.15) is 34.8 Å². The largest absolute Gasteiger partial charge is 0.352 e. The summed E-state index contributed by atoms with van der Waals surface area (Å²) in [4.78, 5) is 22.8. The minimum atomic E-state index is -0.583. The summed E-state index contributed by atoms with van der Waals surface area (Å²) in [6, 6.07) is 6.30. The van der Waals surface area contributed by atoms with E-state index in [1.165, 1.54) is 11.3 Å².